The summed E-state index contributed by atoms with van der Waals surface area (Å²) in [6.45, 7) is 0. The zero-order valence-electron chi connectivity index (χ0n) is 4.40. The molecule has 0 aliphatic carbocycles. The summed E-state index contributed by atoms with van der Waals surface area (Å²) in [6, 6.07) is 0. The minimum Gasteiger partial charge on any atom is -0.375 e. The predicted octanol–water partition coefficient (Wildman–Crippen LogP) is 1.12. The first-order chi connectivity index (χ1) is 3.83. The van der Waals surface area contributed by atoms with Crippen molar-refractivity contribution in [3.63, 3.8) is 0 Å². The van der Waals surface area contributed by atoms with Gasteiger partial charge in [0.25, 0.3) is 0 Å². The average Bonchev–Trinajstić information content (AvgIpc) is 2.14. The molecular weight excluding hydrogens is 204 g/mol. The largest absolute Gasteiger partial charge is 0.375 e. The van der Waals surface area contributed by atoms with Crippen LogP contribution < -0.4 is 5.73 Å². The van der Waals surface area contributed by atoms with Gasteiger partial charge in [0.15, 0.2) is 11.4 Å². The Morgan fingerprint density at radius 3 is 2.67 bits per heavy atom. The van der Waals surface area contributed by atoms with Crippen molar-refractivity contribution in [1.82, 2.24) is 4.98 Å². The quantitative estimate of drug-likeness (QED) is 0.705. The first kappa shape index (κ1) is 8.58. The van der Waals surface area contributed by atoms with Crippen molar-refractivity contribution in [2.45, 2.75) is 0 Å². The molecule has 0 aromatic carbocycles. The van der Waals surface area contributed by atoms with Crippen molar-refractivity contribution in [2.75, 3.05) is 5.73 Å². The van der Waals surface area contributed by atoms with Gasteiger partial charge in [0.05, 0.1) is 11.1 Å². The summed E-state index contributed by atoms with van der Waals surface area (Å²) in [4.78, 5) is 14.2. The van der Waals surface area contributed by atoms with Gasteiger partial charge in [-0.15, -0.1) is 17.0 Å². The van der Waals surface area contributed by atoms with E-state index in [1.807, 2.05) is 0 Å². The van der Waals surface area contributed by atoms with Gasteiger partial charge < -0.3 is 5.73 Å². The van der Waals surface area contributed by atoms with Gasteiger partial charge >= 0.3 is 0 Å². The highest BCUT2D eigenvalue weighted by Gasteiger charge is 1.92. The number of anilines is 1. The number of aldehydes is 1. The maximum absolute atomic E-state index is 9.93. The lowest BCUT2D eigenvalue weighted by Gasteiger charge is -1.70. The highest BCUT2D eigenvalue weighted by atomic mass is 79.9. The first-order valence-corrected chi connectivity index (χ1v) is 2.81. The Morgan fingerprint density at radius 1 is 1.78 bits per heavy atom. The molecule has 0 aliphatic heterocycles. The van der Waals surface area contributed by atoms with Crippen LogP contribution in [-0.4, -0.2) is 11.3 Å². The molecule has 3 nitrogen and oxygen atoms in total. The van der Waals surface area contributed by atoms with Gasteiger partial charge in [0.1, 0.15) is 0 Å². The highest BCUT2D eigenvalue weighted by molar-refractivity contribution is 8.93. The summed E-state index contributed by atoms with van der Waals surface area (Å²) < 4.78 is 0. The van der Waals surface area contributed by atoms with E-state index in [9.17, 15) is 4.79 Å². The van der Waals surface area contributed by atoms with Gasteiger partial charge in [-0.05, 0) is 0 Å². The van der Waals surface area contributed by atoms with Gasteiger partial charge in [0.2, 0.25) is 0 Å². The Kier molecular flexibility index (Phi) is 3.41. The normalized spacial score (nSPS) is 8.00. The number of halogens is 1. The smallest absolute Gasteiger partial charge is 0.180 e. The lowest BCUT2D eigenvalue weighted by atomic mass is 10.6. The second kappa shape index (κ2) is 3.58. The van der Waals surface area contributed by atoms with Crippen LogP contribution in [0.3, 0.4) is 0 Å². The number of nitrogen functional groups attached to an aromatic ring is 1. The van der Waals surface area contributed by atoms with E-state index in [-0.39, 0.29) is 17.0 Å². The van der Waals surface area contributed by atoms with Crippen LogP contribution >= 0.6 is 28.3 Å². The number of carbonyl (C=O) groups excluding carboxylic acids is 1. The molecule has 0 aliphatic rings. The summed E-state index contributed by atoms with van der Waals surface area (Å²) in [5.74, 6) is 0. The Labute approximate surface area is 66.7 Å². The fourth-order valence-corrected chi connectivity index (χ4v) is 0.856. The van der Waals surface area contributed by atoms with E-state index in [0.717, 1.165) is 6.29 Å². The Balaban J connectivity index is 0.000000640. The molecule has 0 bridgehead atoms. The molecule has 0 saturated carbocycles. The van der Waals surface area contributed by atoms with E-state index in [1.165, 1.54) is 17.5 Å². The molecule has 0 radical (unpaired) electrons. The van der Waals surface area contributed by atoms with E-state index in [1.54, 1.807) is 0 Å². The second-order valence-electron chi connectivity index (χ2n) is 1.22. The first-order valence-electron chi connectivity index (χ1n) is 1.99. The van der Waals surface area contributed by atoms with Crippen molar-refractivity contribution in [1.29, 1.82) is 0 Å². The third-order valence-corrected chi connectivity index (χ3v) is 1.41. The summed E-state index contributed by atoms with van der Waals surface area (Å²) in [5.41, 5.74) is 5.20. The SMILES string of the molecule is Br.Nc1ncc(C=O)s1. The average molecular weight is 209 g/mol. The number of aromatic nitrogens is 1. The lowest BCUT2D eigenvalue weighted by Crippen LogP contribution is -1.77. The minimum absolute atomic E-state index is 0. The molecule has 0 saturated heterocycles. The molecule has 1 aromatic heterocycles. The van der Waals surface area contributed by atoms with E-state index < -0.39 is 0 Å². The summed E-state index contributed by atoms with van der Waals surface area (Å²) >= 11 is 1.19. The van der Waals surface area contributed by atoms with Crippen molar-refractivity contribution >= 4 is 39.7 Å². The molecule has 1 rings (SSSR count). The topological polar surface area (TPSA) is 56.0 Å². The summed E-state index contributed by atoms with van der Waals surface area (Å²) in [5, 5.41) is 0.437. The van der Waals surface area contributed by atoms with Gasteiger partial charge in [0, 0.05) is 0 Å². The third kappa shape index (κ3) is 2.11. The van der Waals surface area contributed by atoms with E-state index >= 15 is 0 Å². The number of carbonyl (C=O) groups is 1. The molecule has 0 atom stereocenters. The van der Waals surface area contributed by atoms with Crippen molar-refractivity contribution in [2.24, 2.45) is 0 Å². The second-order valence-corrected chi connectivity index (χ2v) is 2.31. The van der Waals surface area contributed by atoms with Crippen LogP contribution in [0.25, 0.3) is 0 Å². The molecule has 0 unspecified atom stereocenters. The maximum atomic E-state index is 9.93. The molecular formula is C4H5BrN2OS. The molecule has 0 spiro atoms. The molecule has 2 N–H and O–H groups in total. The van der Waals surface area contributed by atoms with Crippen molar-refractivity contribution in [3.05, 3.63) is 11.1 Å². The van der Waals surface area contributed by atoms with Crippen LogP contribution in [0.5, 0.6) is 0 Å². The van der Waals surface area contributed by atoms with Crippen LogP contribution in [0.1, 0.15) is 9.67 Å². The molecule has 50 valence electrons. The van der Waals surface area contributed by atoms with Gasteiger partial charge in [-0.25, -0.2) is 4.98 Å². The van der Waals surface area contributed by atoms with E-state index in [4.69, 9.17) is 5.73 Å². The van der Waals surface area contributed by atoms with Crippen molar-refractivity contribution in [3.8, 4) is 0 Å². The Hall–Kier alpha value is -0.420. The Morgan fingerprint density at radius 2 is 2.44 bits per heavy atom. The highest BCUT2D eigenvalue weighted by Crippen LogP contribution is 2.10. The minimum atomic E-state index is 0. The summed E-state index contributed by atoms with van der Waals surface area (Å²) in [7, 11) is 0. The van der Waals surface area contributed by atoms with Crippen LogP contribution in [0, 0.1) is 0 Å². The molecule has 9 heavy (non-hydrogen) atoms. The van der Waals surface area contributed by atoms with Gasteiger partial charge in [-0.3, -0.25) is 4.79 Å². The van der Waals surface area contributed by atoms with Crippen LogP contribution in [0.2, 0.25) is 0 Å². The van der Waals surface area contributed by atoms with Crippen LogP contribution in [-0.2, 0) is 0 Å². The number of rotatable bonds is 1. The van der Waals surface area contributed by atoms with E-state index in [2.05, 4.69) is 4.98 Å². The van der Waals surface area contributed by atoms with E-state index in [0.29, 0.717) is 10.0 Å². The van der Waals surface area contributed by atoms with Gasteiger partial charge in [-0.2, -0.15) is 0 Å². The van der Waals surface area contributed by atoms with Crippen LogP contribution in [0.15, 0.2) is 6.20 Å². The molecule has 0 fully saturated rings. The monoisotopic (exact) mass is 208 g/mol. The number of thiazole rings is 1. The number of hydrogen-bond acceptors (Lipinski definition) is 4. The zero-order chi connectivity index (χ0) is 5.98. The molecule has 1 aromatic rings. The standard InChI is InChI=1S/C4H4N2OS.BrH/c5-4-6-1-3(2-7)8-4;/h1-2H,(H2,5,6);1H. The predicted molar refractivity (Wildman–Crippen MR) is 42.2 cm³/mol. The third-order valence-electron chi connectivity index (χ3n) is 0.658. The fraction of sp³-hybridized carbons (Fsp3) is 0. The van der Waals surface area contributed by atoms with Crippen molar-refractivity contribution < 1.29 is 4.79 Å². The lowest BCUT2D eigenvalue weighted by molar-refractivity contribution is 0.112. The number of hydrogen-bond donors (Lipinski definition) is 1. The molecule has 1 heterocycles. The number of nitrogens with zero attached hydrogens (tertiary/aromatic N) is 1. The van der Waals surface area contributed by atoms with Gasteiger partial charge in [-0.1, -0.05) is 11.3 Å². The molecule has 0 amide bonds. The summed E-state index contributed by atoms with van der Waals surface area (Å²) in [6.07, 6.45) is 2.18. The molecule has 5 heteroatoms. The zero-order valence-corrected chi connectivity index (χ0v) is 6.93. The number of nitrogens with two attached hydrogens (primary N) is 1. The van der Waals surface area contributed by atoms with Crippen LogP contribution in [0.4, 0.5) is 5.13 Å². The maximum Gasteiger partial charge on any atom is 0.180 e. The fourth-order valence-electron chi connectivity index (χ4n) is 0.355. The Bertz CT molecular complexity index is 200.